The van der Waals surface area contributed by atoms with Crippen LogP contribution in [-0.4, -0.2) is 85.2 Å². The summed E-state index contributed by atoms with van der Waals surface area (Å²) in [7, 11) is 0. The van der Waals surface area contributed by atoms with Gasteiger partial charge in [0.2, 0.25) is 5.91 Å². The van der Waals surface area contributed by atoms with E-state index in [0.717, 1.165) is 10.5 Å². The standard InChI is InChI=1S/C25H22N8O3/c34-20(15-32-24(35)18-8-4-5-9-19(18)25(32)36)30-10-12-31(13-11-30)22-21-23(27-16-26-22)33(29-28-21)14-17-6-2-1-3-7-17/h1-9,16H,10-15H2. The lowest BCUT2D eigenvalue weighted by molar-refractivity contribution is -0.131. The maximum Gasteiger partial charge on any atom is 0.262 e. The number of carbonyl (C=O) groups excluding carboxylic acids is 3. The Bertz CT molecular complexity index is 1440. The second-order valence-corrected chi connectivity index (χ2v) is 8.71. The highest BCUT2D eigenvalue weighted by atomic mass is 16.2. The van der Waals surface area contributed by atoms with Crippen molar-refractivity contribution >= 4 is 34.7 Å². The summed E-state index contributed by atoms with van der Waals surface area (Å²) in [5, 5.41) is 8.61. The average molecular weight is 483 g/mol. The van der Waals surface area contributed by atoms with Gasteiger partial charge in [0, 0.05) is 26.2 Å². The second kappa shape index (κ2) is 8.84. The van der Waals surface area contributed by atoms with Crippen molar-refractivity contribution in [3.63, 3.8) is 0 Å². The van der Waals surface area contributed by atoms with Crippen LogP contribution in [0.5, 0.6) is 0 Å². The molecule has 4 heterocycles. The molecule has 0 atom stereocenters. The molecule has 0 N–H and O–H groups in total. The Balaban J connectivity index is 1.12. The Labute approximate surface area is 205 Å². The van der Waals surface area contributed by atoms with Crippen LogP contribution >= 0.6 is 0 Å². The van der Waals surface area contributed by atoms with E-state index < -0.39 is 11.8 Å². The minimum atomic E-state index is -0.426. The van der Waals surface area contributed by atoms with Gasteiger partial charge in [0.05, 0.1) is 17.7 Å². The van der Waals surface area contributed by atoms with Gasteiger partial charge in [-0.15, -0.1) is 5.10 Å². The summed E-state index contributed by atoms with van der Waals surface area (Å²) in [6.45, 7) is 2.22. The summed E-state index contributed by atoms with van der Waals surface area (Å²) in [4.78, 5) is 51.7. The van der Waals surface area contributed by atoms with E-state index in [0.29, 0.717) is 60.8 Å². The van der Waals surface area contributed by atoms with Gasteiger partial charge in [-0.2, -0.15) is 0 Å². The molecule has 180 valence electrons. The fraction of sp³-hybridized carbons (Fsp3) is 0.240. The molecule has 0 aliphatic carbocycles. The van der Waals surface area contributed by atoms with Crippen molar-refractivity contribution < 1.29 is 14.4 Å². The molecule has 1 fully saturated rings. The number of anilines is 1. The van der Waals surface area contributed by atoms with E-state index in [1.165, 1.54) is 6.33 Å². The molecule has 0 bridgehead atoms. The molecule has 2 aromatic carbocycles. The van der Waals surface area contributed by atoms with Gasteiger partial charge >= 0.3 is 0 Å². The Morgan fingerprint density at radius 1 is 0.833 bits per heavy atom. The number of amides is 3. The van der Waals surface area contributed by atoms with E-state index in [1.807, 2.05) is 30.3 Å². The average Bonchev–Trinajstić information content (AvgIpc) is 3.44. The van der Waals surface area contributed by atoms with Gasteiger partial charge in [0.15, 0.2) is 17.0 Å². The van der Waals surface area contributed by atoms with Crippen LogP contribution in [0.1, 0.15) is 26.3 Å². The monoisotopic (exact) mass is 482 g/mol. The summed E-state index contributed by atoms with van der Waals surface area (Å²) in [5.74, 6) is -0.438. The maximum absolute atomic E-state index is 12.9. The van der Waals surface area contributed by atoms with Crippen molar-refractivity contribution in [2.45, 2.75) is 6.54 Å². The molecule has 11 nitrogen and oxygen atoms in total. The molecular formula is C25H22N8O3. The zero-order valence-corrected chi connectivity index (χ0v) is 19.3. The first-order chi connectivity index (χ1) is 17.6. The van der Waals surface area contributed by atoms with Crippen LogP contribution in [0.2, 0.25) is 0 Å². The lowest BCUT2D eigenvalue weighted by Gasteiger charge is -2.35. The Morgan fingerprint density at radius 3 is 2.19 bits per heavy atom. The van der Waals surface area contributed by atoms with E-state index in [1.54, 1.807) is 33.8 Å². The molecule has 3 amide bonds. The zero-order chi connectivity index (χ0) is 24.6. The van der Waals surface area contributed by atoms with E-state index in [9.17, 15) is 14.4 Å². The van der Waals surface area contributed by atoms with E-state index >= 15 is 0 Å². The summed E-state index contributed by atoms with van der Waals surface area (Å²) in [6.07, 6.45) is 1.50. The molecule has 6 rings (SSSR count). The number of rotatable bonds is 5. The number of hydrogen-bond donors (Lipinski definition) is 0. The molecule has 11 heteroatoms. The number of carbonyl (C=O) groups is 3. The van der Waals surface area contributed by atoms with Crippen molar-refractivity contribution in [1.29, 1.82) is 0 Å². The first-order valence-corrected chi connectivity index (χ1v) is 11.7. The highest BCUT2D eigenvalue weighted by Crippen LogP contribution is 2.24. The fourth-order valence-electron chi connectivity index (χ4n) is 4.66. The summed E-state index contributed by atoms with van der Waals surface area (Å²) in [6, 6.07) is 16.6. The molecular weight excluding hydrogens is 460 g/mol. The summed E-state index contributed by atoms with van der Waals surface area (Å²) >= 11 is 0. The minimum absolute atomic E-state index is 0.259. The van der Waals surface area contributed by atoms with E-state index in [4.69, 9.17) is 0 Å². The number of nitrogens with zero attached hydrogens (tertiary/aromatic N) is 8. The largest absolute Gasteiger partial charge is 0.351 e. The van der Waals surface area contributed by atoms with Gasteiger partial charge in [0.25, 0.3) is 11.8 Å². The summed E-state index contributed by atoms with van der Waals surface area (Å²) < 4.78 is 1.75. The lowest BCUT2D eigenvalue weighted by Crippen LogP contribution is -2.52. The van der Waals surface area contributed by atoms with Gasteiger partial charge in [0.1, 0.15) is 12.9 Å². The van der Waals surface area contributed by atoms with Crippen molar-refractivity contribution in [2.24, 2.45) is 0 Å². The van der Waals surface area contributed by atoms with Crippen LogP contribution in [0, 0.1) is 0 Å². The molecule has 2 aliphatic heterocycles. The minimum Gasteiger partial charge on any atom is -0.351 e. The number of imide groups is 1. The molecule has 0 spiro atoms. The lowest BCUT2D eigenvalue weighted by atomic mass is 10.1. The zero-order valence-electron chi connectivity index (χ0n) is 19.3. The van der Waals surface area contributed by atoms with E-state index in [-0.39, 0.29) is 12.5 Å². The van der Waals surface area contributed by atoms with Crippen LogP contribution < -0.4 is 4.90 Å². The van der Waals surface area contributed by atoms with Gasteiger partial charge in [-0.3, -0.25) is 19.3 Å². The number of hydrogen-bond acceptors (Lipinski definition) is 8. The SMILES string of the molecule is O=C(CN1C(=O)c2ccccc2C1=O)N1CCN(c2ncnc3c2nnn3Cc2ccccc2)CC1. The topological polar surface area (TPSA) is 117 Å². The number of benzene rings is 2. The molecule has 36 heavy (non-hydrogen) atoms. The van der Waals surface area contributed by atoms with Crippen LogP contribution in [0.15, 0.2) is 60.9 Å². The van der Waals surface area contributed by atoms with Crippen LogP contribution in [0.25, 0.3) is 11.2 Å². The van der Waals surface area contributed by atoms with Crippen molar-refractivity contribution in [1.82, 2.24) is 34.8 Å². The second-order valence-electron chi connectivity index (χ2n) is 8.71. The Morgan fingerprint density at radius 2 is 1.50 bits per heavy atom. The molecule has 2 aromatic heterocycles. The van der Waals surface area contributed by atoms with Crippen LogP contribution in [0.4, 0.5) is 5.82 Å². The highest BCUT2D eigenvalue weighted by Gasteiger charge is 2.37. The molecule has 2 aliphatic rings. The van der Waals surface area contributed by atoms with Gasteiger partial charge in [-0.05, 0) is 17.7 Å². The van der Waals surface area contributed by atoms with Gasteiger partial charge in [-0.25, -0.2) is 14.6 Å². The quantitative estimate of drug-likeness (QED) is 0.390. The smallest absolute Gasteiger partial charge is 0.262 e. The van der Waals surface area contributed by atoms with Crippen molar-refractivity contribution in [2.75, 3.05) is 37.6 Å². The third-order valence-electron chi connectivity index (χ3n) is 6.56. The number of fused-ring (bicyclic) bond motifs is 2. The molecule has 0 radical (unpaired) electrons. The fourth-order valence-corrected chi connectivity index (χ4v) is 4.66. The molecule has 0 unspecified atom stereocenters. The third kappa shape index (κ3) is 3.74. The third-order valence-corrected chi connectivity index (χ3v) is 6.56. The first kappa shape index (κ1) is 21.8. The van der Waals surface area contributed by atoms with Crippen LogP contribution in [0.3, 0.4) is 0 Å². The maximum atomic E-state index is 12.9. The highest BCUT2D eigenvalue weighted by molar-refractivity contribution is 6.22. The predicted octanol–water partition coefficient (Wildman–Crippen LogP) is 1.21. The first-order valence-electron chi connectivity index (χ1n) is 11.7. The normalized spacial score (nSPS) is 15.6. The summed E-state index contributed by atoms with van der Waals surface area (Å²) in [5.41, 5.74) is 3.03. The molecule has 0 saturated carbocycles. The Hall–Kier alpha value is -4.67. The molecule has 1 saturated heterocycles. The van der Waals surface area contributed by atoms with Crippen LogP contribution in [-0.2, 0) is 11.3 Å². The van der Waals surface area contributed by atoms with Crippen molar-refractivity contribution in [3.8, 4) is 0 Å². The number of piperazine rings is 1. The van der Waals surface area contributed by atoms with Crippen molar-refractivity contribution in [3.05, 3.63) is 77.6 Å². The predicted molar refractivity (Wildman–Crippen MR) is 129 cm³/mol. The number of aromatic nitrogens is 5. The van der Waals surface area contributed by atoms with Gasteiger partial charge in [-0.1, -0.05) is 47.7 Å². The molecule has 4 aromatic rings. The van der Waals surface area contributed by atoms with Gasteiger partial charge < -0.3 is 9.80 Å². The van der Waals surface area contributed by atoms with E-state index in [2.05, 4.69) is 25.2 Å². The Kier molecular flexibility index (Phi) is 5.36.